The molecule has 0 amide bonds. The van der Waals surface area contributed by atoms with Crippen molar-refractivity contribution >= 4 is 15.9 Å². The highest BCUT2D eigenvalue weighted by Crippen LogP contribution is 2.19. The maximum atomic E-state index is 5.33. The monoisotopic (exact) mass is 309 g/mol. The van der Waals surface area contributed by atoms with E-state index in [0.29, 0.717) is 13.2 Å². The first-order valence-electron chi connectivity index (χ1n) is 5.72. The summed E-state index contributed by atoms with van der Waals surface area (Å²) in [6.45, 7) is 3.02. The third-order valence-electron chi connectivity index (χ3n) is 2.81. The highest BCUT2D eigenvalue weighted by molar-refractivity contribution is 9.10. The zero-order chi connectivity index (χ0) is 12.4. The van der Waals surface area contributed by atoms with Crippen molar-refractivity contribution in [2.24, 2.45) is 0 Å². The van der Waals surface area contributed by atoms with Crippen molar-refractivity contribution in [2.45, 2.75) is 0 Å². The fourth-order valence-corrected chi connectivity index (χ4v) is 2.15. The van der Waals surface area contributed by atoms with Gasteiger partial charge >= 0.3 is 0 Å². The molecular weight excluding hydrogens is 298 g/mol. The van der Waals surface area contributed by atoms with Gasteiger partial charge in [0.15, 0.2) is 0 Å². The van der Waals surface area contributed by atoms with Crippen molar-refractivity contribution in [3.8, 4) is 11.4 Å². The van der Waals surface area contributed by atoms with E-state index in [1.165, 1.54) is 0 Å². The third kappa shape index (κ3) is 2.23. The zero-order valence-corrected chi connectivity index (χ0v) is 11.2. The van der Waals surface area contributed by atoms with Gasteiger partial charge in [-0.15, -0.1) is 9.89 Å². The first-order chi connectivity index (χ1) is 8.84. The van der Waals surface area contributed by atoms with E-state index in [4.69, 9.17) is 4.74 Å². The second kappa shape index (κ2) is 5.03. The Morgan fingerprint density at radius 2 is 1.83 bits per heavy atom. The van der Waals surface area contributed by atoms with Gasteiger partial charge in [0.25, 0.3) is 0 Å². The number of aromatic nitrogens is 4. The van der Waals surface area contributed by atoms with Crippen LogP contribution in [0.25, 0.3) is 11.4 Å². The van der Waals surface area contributed by atoms with Gasteiger partial charge in [0, 0.05) is 10.0 Å². The van der Waals surface area contributed by atoms with E-state index in [-0.39, 0.29) is 0 Å². The van der Waals surface area contributed by atoms with Crippen molar-refractivity contribution in [3.63, 3.8) is 0 Å². The molecular formula is C11H12BrN5O. The van der Waals surface area contributed by atoms with Crippen LogP contribution in [0.15, 0.2) is 28.7 Å². The molecule has 2 aromatic rings. The SMILES string of the molecule is Brc1ccc(-c2nnnn2N2CCOCC2)cc1. The average molecular weight is 310 g/mol. The van der Waals surface area contributed by atoms with Gasteiger partial charge in [-0.3, -0.25) is 5.01 Å². The van der Waals surface area contributed by atoms with Crippen LogP contribution in [0.3, 0.4) is 0 Å². The molecule has 0 atom stereocenters. The van der Waals surface area contributed by atoms with Crippen LogP contribution < -0.4 is 5.01 Å². The Morgan fingerprint density at radius 3 is 2.56 bits per heavy atom. The number of ether oxygens (including phenoxy) is 1. The first-order valence-corrected chi connectivity index (χ1v) is 6.51. The van der Waals surface area contributed by atoms with E-state index < -0.39 is 0 Å². The summed E-state index contributed by atoms with van der Waals surface area (Å²) in [6.07, 6.45) is 0. The van der Waals surface area contributed by atoms with Gasteiger partial charge in [-0.05, 0) is 34.7 Å². The molecule has 1 aromatic heterocycles. The smallest absolute Gasteiger partial charge is 0.204 e. The topological polar surface area (TPSA) is 56.1 Å². The van der Waals surface area contributed by atoms with Gasteiger partial charge in [-0.2, -0.15) is 0 Å². The molecule has 0 radical (unpaired) electrons. The highest BCUT2D eigenvalue weighted by atomic mass is 79.9. The lowest BCUT2D eigenvalue weighted by molar-refractivity contribution is 0.109. The molecule has 7 heteroatoms. The molecule has 0 unspecified atom stereocenters. The van der Waals surface area contributed by atoms with Crippen molar-refractivity contribution in [1.82, 2.24) is 20.3 Å². The summed E-state index contributed by atoms with van der Waals surface area (Å²) in [6, 6.07) is 7.95. The van der Waals surface area contributed by atoms with Crippen LogP contribution in [0.5, 0.6) is 0 Å². The number of rotatable bonds is 2. The molecule has 1 aliphatic rings. The third-order valence-corrected chi connectivity index (χ3v) is 3.34. The molecule has 94 valence electrons. The first kappa shape index (κ1) is 11.6. The number of halogens is 1. The summed E-state index contributed by atoms with van der Waals surface area (Å²) in [5, 5.41) is 14.0. The van der Waals surface area contributed by atoms with Gasteiger partial charge < -0.3 is 4.74 Å². The molecule has 0 bridgehead atoms. The second-order valence-electron chi connectivity index (χ2n) is 3.96. The Morgan fingerprint density at radius 1 is 1.11 bits per heavy atom. The summed E-state index contributed by atoms with van der Waals surface area (Å²) >= 11 is 3.42. The van der Waals surface area contributed by atoms with Crippen LogP contribution in [-0.2, 0) is 4.74 Å². The Balaban J connectivity index is 1.93. The molecule has 2 heterocycles. The van der Waals surface area contributed by atoms with Crippen LogP contribution in [-0.4, -0.2) is 46.6 Å². The van der Waals surface area contributed by atoms with E-state index in [1.54, 1.807) is 4.79 Å². The zero-order valence-electron chi connectivity index (χ0n) is 9.66. The molecule has 1 aromatic carbocycles. The van der Waals surface area contributed by atoms with E-state index in [0.717, 1.165) is 29.0 Å². The molecule has 6 nitrogen and oxygen atoms in total. The number of hydrogen-bond donors (Lipinski definition) is 0. The number of tetrazole rings is 1. The minimum Gasteiger partial charge on any atom is -0.378 e. The maximum Gasteiger partial charge on any atom is 0.204 e. The predicted molar refractivity (Wildman–Crippen MR) is 69.7 cm³/mol. The normalized spacial score (nSPS) is 15.9. The van der Waals surface area contributed by atoms with Gasteiger partial charge in [0.1, 0.15) is 0 Å². The minimum atomic E-state index is 0.708. The number of nitrogens with zero attached hydrogens (tertiary/aromatic N) is 5. The van der Waals surface area contributed by atoms with Gasteiger partial charge in [0.2, 0.25) is 5.82 Å². The molecule has 3 rings (SSSR count). The van der Waals surface area contributed by atoms with Gasteiger partial charge in [-0.25, -0.2) is 0 Å². The van der Waals surface area contributed by atoms with E-state index in [2.05, 4.69) is 36.5 Å². The van der Waals surface area contributed by atoms with Crippen LogP contribution in [0, 0.1) is 0 Å². The van der Waals surface area contributed by atoms with Crippen molar-refractivity contribution < 1.29 is 4.74 Å². The highest BCUT2D eigenvalue weighted by Gasteiger charge is 2.17. The minimum absolute atomic E-state index is 0.708. The van der Waals surface area contributed by atoms with E-state index in [1.807, 2.05) is 24.3 Å². The Bertz CT molecular complexity index is 520. The number of benzene rings is 1. The van der Waals surface area contributed by atoms with E-state index >= 15 is 0 Å². The lowest BCUT2D eigenvalue weighted by Gasteiger charge is -2.28. The van der Waals surface area contributed by atoms with Crippen molar-refractivity contribution in [3.05, 3.63) is 28.7 Å². The fraction of sp³-hybridized carbons (Fsp3) is 0.364. The van der Waals surface area contributed by atoms with Crippen LogP contribution in [0.4, 0.5) is 0 Å². The van der Waals surface area contributed by atoms with Crippen LogP contribution >= 0.6 is 15.9 Å². The van der Waals surface area contributed by atoms with Gasteiger partial charge in [-0.1, -0.05) is 15.9 Å². The summed E-state index contributed by atoms with van der Waals surface area (Å²) in [5.74, 6) is 0.754. The maximum absolute atomic E-state index is 5.33. The molecule has 1 fully saturated rings. The Hall–Kier alpha value is -1.47. The summed E-state index contributed by atoms with van der Waals surface area (Å²) in [5.41, 5.74) is 0.995. The van der Waals surface area contributed by atoms with Crippen LogP contribution in [0.1, 0.15) is 0 Å². The summed E-state index contributed by atoms with van der Waals surface area (Å²) in [7, 11) is 0. The standard InChI is InChI=1S/C11H12BrN5O/c12-10-3-1-9(2-4-10)11-13-14-15-17(11)16-5-7-18-8-6-16/h1-4H,5-8H2. The lowest BCUT2D eigenvalue weighted by atomic mass is 10.2. The molecule has 18 heavy (non-hydrogen) atoms. The molecule has 0 saturated carbocycles. The summed E-state index contributed by atoms with van der Waals surface area (Å²) in [4.78, 5) is 1.76. The largest absolute Gasteiger partial charge is 0.378 e. The van der Waals surface area contributed by atoms with Crippen LogP contribution in [0.2, 0.25) is 0 Å². The number of hydrogen-bond acceptors (Lipinski definition) is 5. The summed E-state index contributed by atoms with van der Waals surface area (Å²) < 4.78 is 6.37. The van der Waals surface area contributed by atoms with Crippen molar-refractivity contribution in [1.29, 1.82) is 0 Å². The Kier molecular flexibility index (Phi) is 3.24. The molecule has 0 N–H and O–H groups in total. The molecule has 0 spiro atoms. The molecule has 1 saturated heterocycles. The van der Waals surface area contributed by atoms with Crippen molar-refractivity contribution in [2.75, 3.05) is 31.3 Å². The number of morpholine rings is 1. The average Bonchev–Trinajstić information content (AvgIpc) is 2.90. The molecule has 1 aliphatic heterocycles. The quantitative estimate of drug-likeness (QED) is 0.830. The Labute approximate surface area is 113 Å². The fourth-order valence-electron chi connectivity index (χ4n) is 1.89. The predicted octanol–water partition coefficient (Wildman–Crippen LogP) is 1.07. The lowest BCUT2D eigenvalue weighted by Crippen LogP contribution is -2.45. The van der Waals surface area contributed by atoms with Gasteiger partial charge in [0.05, 0.1) is 26.3 Å². The van der Waals surface area contributed by atoms with E-state index in [9.17, 15) is 0 Å². The molecule has 0 aliphatic carbocycles. The second-order valence-corrected chi connectivity index (χ2v) is 4.88.